The Bertz CT molecular complexity index is 1100. The van der Waals surface area contributed by atoms with Gasteiger partial charge in [0, 0.05) is 23.6 Å². The smallest absolute Gasteiger partial charge is 0.331 e. The maximum absolute atomic E-state index is 15.0. The molecule has 34 heavy (non-hydrogen) atoms. The zero-order valence-electron chi connectivity index (χ0n) is 20.2. The Kier molecular flexibility index (Phi) is 8.05. The van der Waals surface area contributed by atoms with Gasteiger partial charge in [-0.25, -0.2) is 9.18 Å². The van der Waals surface area contributed by atoms with Crippen LogP contribution in [0.15, 0.2) is 77.8 Å². The van der Waals surface area contributed by atoms with E-state index in [9.17, 15) is 9.18 Å². The minimum atomic E-state index is -0.984. The zero-order chi connectivity index (χ0) is 24.7. The van der Waals surface area contributed by atoms with Gasteiger partial charge < -0.3 is 14.2 Å². The molecule has 0 spiro atoms. The third-order valence-electron chi connectivity index (χ3n) is 5.02. The Labute approximate surface area is 200 Å². The van der Waals surface area contributed by atoms with E-state index in [-0.39, 0.29) is 17.7 Å². The third kappa shape index (κ3) is 6.44. The Morgan fingerprint density at radius 1 is 0.882 bits per heavy atom. The number of halogens is 1. The summed E-state index contributed by atoms with van der Waals surface area (Å²) in [6, 6.07) is 21.0. The average molecular weight is 464 g/mol. The molecule has 0 saturated carbocycles. The molecule has 0 radical (unpaired) electrons. The summed E-state index contributed by atoms with van der Waals surface area (Å²) in [6.45, 7) is 5.37. The molecule has 1 atom stereocenters. The highest BCUT2D eigenvalue weighted by Gasteiger charge is 2.28. The van der Waals surface area contributed by atoms with Gasteiger partial charge in [0.25, 0.3) is 0 Å². The van der Waals surface area contributed by atoms with Crippen molar-refractivity contribution in [1.29, 1.82) is 0 Å². The van der Waals surface area contributed by atoms with Crippen LogP contribution < -0.4 is 9.47 Å². The Morgan fingerprint density at radius 3 is 1.85 bits per heavy atom. The van der Waals surface area contributed by atoms with Crippen molar-refractivity contribution in [1.82, 2.24) is 0 Å². The number of rotatable bonds is 8. The number of benzene rings is 3. The molecule has 0 aliphatic rings. The van der Waals surface area contributed by atoms with Crippen LogP contribution in [0.4, 0.5) is 4.39 Å². The highest BCUT2D eigenvalue weighted by molar-refractivity contribution is 6.13. The summed E-state index contributed by atoms with van der Waals surface area (Å²) in [6.07, 6.45) is -0.00965. The second kappa shape index (κ2) is 11.0. The zero-order valence-corrected chi connectivity index (χ0v) is 20.2. The van der Waals surface area contributed by atoms with Gasteiger partial charge in [0.15, 0.2) is 17.5 Å². The molecule has 0 aliphatic heterocycles. The molecule has 0 saturated heterocycles. The van der Waals surface area contributed by atoms with E-state index in [4.69, 9.17) is 19.2 Å². The van der Waals surface area contributed by atoms with Crippen molar-refractivity contribution in [2.75, 3.05) is 14.2 Å². The van der Waals surface area contributed by atoms with Crippen LogP contribution in [-0.2, 0) is 16.0 Å². The molecule has 0 N–H and O–H groups in total. The van der Waals surface area contributed by atoms with Gasteiger partial charge in [-0.15, -0.1) is 0 Å². The number of nitrogens with zero attached hydrogens (tertiary/aromatic N) is 1. The predicted octanol–water partition coefficient (Wildman–Crippen LogP) is 5.63. The van der Waals surface area contributed by atoms with Crippen molar-refractivity contribution < 1.29 is 23.4 Å². The minimum Gasteiger partial charge on any atom is -0.493 e. The van der Waals surface area contributed by atoms with E-state index in [0.717, 1.165) is 11.1 Å². The number of hydrogen-bond acceptors (Lipinski definition) is 5. The first-order chi connectivity index (χ1) is 16.2. The molecule has 0 amide bonds. The van der Waals surface area contributed by atoms with Crippen LogP contribution in [0, 0.1) is 5.82 Å². The molecule has 0 heterocycles. The summed E-state index contributed by atoms with van der Waals surface area (Å²) < 4.78 is 31.1. The first kappa shape index (κ1) is 25.0. The maximum atomic E-state index is 15.0. The van der Waals surface area contributed by atoms with Crippen LogP contribution in [0.1, 0.15) is 37.5 Å². The van der Waals surface area contributed by atoms with Crippen LogP contribution in [0.5, 0.6) is 11.5 Å². The fourth-order valence-corrected chi connectivity index (χ4v) is 3.48. The van der Waals surface area contributed by atoms with E-state index in [1.54, 1.807) is 20.8 Å². The van der Waals surface area contributed by atoms with Crippen LogP contribution >= 0.6 is 0 Å². The van der Waals surface area contributed by atoms with E-state index < -0.39 is 23.4 Å². The van der Waals surface area contributed by atoms with Crippen molar-refractivity contribution in [3.05, 3.63) is 95.3 Å². The van der Waals surface area contributed by atoms with Gasteiger partial charge in [0.1, 0.15) is 11.4 Å². The molecule has 0 fully saturated rings. The number of carbonyl (C=O) groups excluding carboxylic acids is 1. The SMILES string of the molecule is COc1cc(F)c(C[C@H](N=C(c2ccccc2)c2ccccc2)C(=O)OC(C)(C)C)cc1OC. The van der Waals surface area contributed by atoms with E-state index in [2.05, 4.69) is 0 Å². The molecule has 6 heteroatoms. The van der Waals surface area contributed by atoms with Gasteiger partial charge in [-0.2, -0.15) is 0 Å². The Balaban J connectivity index is 2.12. The Hall–Kier alpha value is -3.67. The fourth-order valence-electron chi connectivity index (χ4n) is 3.48. The number of methoxy groups -OCH3 is 2. The number of hydrogen-bond donors (Lipinski definition) is 0. The lowest BCUT2D eigenvalue weighted by atomic mass is 10.00. The largest absolute Gasteiger partial charge is 0.493 e. The standard InChI is InChI=1S/C28H30FNO4/c1-28(2,3)34-27(31)23(16-21-17-24(32-4)25(33-5)18-22(21)29)30-26(19-12-8-6-9-13-19)20-14-10-7-11-15-20/h6-15,17-18,23H,16H2,1-5H3/t23-/m0/s1. The highest BCUT2D eigenvalue weighted by atomic mass is 19.1. The molecule has 3 aromatic carbocycles. The molecule has 0 unspecified atom stereocenters. The lowest BCUT2D eigenvalue weighted by Gasteiger charge is -2.23. The van der Waals surface area contributed by atoms with E-state index >= 15 is 0 Å². The van der Waals surface area contributed by atoms with E-state index in [1.165, 1.54) is 26.4 Å². The number of esters is 1. The maximum Gasteiger partial charge on any atom is 0.331 e. The molecule has 0 aromatic heterocycles. The number of aliphatic imine (C=N–C) groups is 1. The number of carbonyl (C=O) groups is 1. The molecule has 3 rings (SSSR count). The first-order valence-electron chi connectivity index (χ1n) is 11.0. The summed E-state index contributed by atoms with van der Waals surface area (Å²) in [7, 11) is 2.92. The second-order valence-electron chi connectivity index (χ2n) is 8.76. The summed E-state index contributed by atoms with van der Waals surface area (Å²) in [5, 5.41) is 0. The average Bonchev–Trinajstić information content (AvgIpc) is 2.82. The van der Waals surface area contributed by atoms with Crippen LogP contribution in [0.3, 0.4) is 0 Å². The molecule has 5 nitrogen and oxygen atoms in total. The summed E-state index contributed by atoms with van der Waals surface area (Å²) in [5.41, 5.74) is 1.86. The van der Waals surface area contributed by atoms with Gasteiger partial charge in [0.2, 0.25) is 0 Å². The van der Waals surface area contributed by atoms with Crippen molar-refractivity contribution >= 4 is 11.7 Å². The lowest BCUT2D eigenvalue weighted by molar-refractivity contribution is -0.156. The van der Waals surface area contributed by atoms with Crippen molar-refractivity contribution in [2.45, 2.75) is 38.8 Å². The minimum absolute atomic E-state index is 0.00965. The molecule has 178 valence electrons. The van der Waals surface area contributed by atoms with Crippen molar-refractivity contribution in [2.24, 2.45) is 4.99 Å². The number of ether oxygens (including phenoxy) is 3. The topological polar surface area (TPSA) is 57.1 Å². The normalized spacial score (nSPS) is 11.9. The van der Waals surface area contributed by atoms with E-state index in [1.807, 2.05) is 60.7 Å². The van der Waals surface area contributed by atoms with Crippen LogP contribution in [0.25, 0.3) is 0 Å². The highest BCUT2D eigenvalue weighted by Crippen LogP contribution is 2.31. The predicted molar refractivity (Wildman–Crippen MR) is 131 cm³/mol. The summed E-state index contributed by atoms with van der Waals surface area (Å²) >= 11 is 0. The van der Waals surface area contributed by atoms with Crippen molar-refractivity contribution in [3.8, 4) is 11.5 Å². The summed E-state index contributed by atoms with van der Waals surface area (Å²) in [4.78, 5) is 18.1. The van der Waals surface area contributed by atoms with E-state index in [0.29, 0.717) is 11.5 Å². The molecule has 0 aliphatic carbocycles. The van der Waals surface area contributed by atoms with Gasteiger partial charge in [-0.3, -0.25) is 4.99 Å². The fraction of sp³-hybridized carbons (Fsp3) is 0.286. The lowest BCUT2D eigenvalue weighted by Crippen LogP contribution is -2.33. The Morgan fingerprint density at radius 2 is 1.38 bits per heavy atom. The first-order valence-corrected chi connectivity index (χ1v) is 11.0. The molecular formula is C28H30FNO4. The summed E-state index contributed by atoms with van der Waals surface area (Å²) in [5.74, 6) is -0.402. The van der Waals surface area contributed by atoms with Gasteiger partial charge in [-0.05, 0) is 32.4 Å². The van der Waals surface area contributed by atoms with Crippen LogP contribution in [-0.4, -0.2) is 37.5 Å². The van der Waals surface area contributed by atoms with Crippen molar-refractivity contribution in [3.63, 3.8) is 0 Å². The second-order valence-corrected chi connectivity index (χ2v) is 8.76. The van der Waals surface area contributed by atoms with Gasteiger partial charge in [0.05, 0.1) is 19.9 Å². The monoisotopic (exact) mass is 463 g/mol. The third-order valence-corrected chi connectivity index (χ3v) is 5.02. The molecule has 3 aromatic rings. The van der Waals surface area contributed by atoms with Gasteiger partial charge in [-0.1, -0.05) is 60.7 Å². The van der Waals surface area contributed by atoms with Crippen LogP contribution in [0.2, 0.25) is 0 Å². The van der Waals surface area contributed by atoms with Gasteiger partial charge >= 0.3 is 5.97 Å². The molecule has 0 bridgehead atoms. The quantitative estimate of drug-likeness (QED) is 0.321. The molecular weight excluding hydrogens is 433 g/mol.